The predicted molar refractivity (Wildman–Crippen MR) is 69.2 cm³/mol. The molecule has 0 bridgehead atoms. The standard InChI is InChI=1S/C12H12ClNO2S/c1-2-8-3-4-17-11(8)7-14-6-9(13)5-10(14)12(15)16/h3-6H,2,7H2,1H3,(H,15,16). The average Bonchev–Trinajstić information content (AvgIpc) is 2.85. The molecule has 5 heteroatoms. The van der Waals surface area contributed by atoms with E-state index >= 15 is 0 Å². The van der Waals surface area contributed by atoms with Gasteiger partial charge in [0.05, 0.1) is 11.6 Å². The number of carboxylic acid groups (broad SMARTS) is 1. The van der Waals surface area contributed by atoms with Gasteiger partial charge in [-0.1, -0.05) is 18.5 Å². The van der Waals surface area contributed by atoms with Crippen molar-refractivity contribution in [3.05, 3.63) is 44.9 Å². The molecular formula is C12H12ClNO2S. The highest BCUT2D eigenvalue weighted by molar-refractivity contribution is 7.10. The van der Waals surface area contributed by atoms with Crippen molar-refractivity contribution >= 4 is 28.9 Å². The van der Waals surface area contributed by atoms with Crippen molar-refractivity contribution in [2.75, 3.05) is 0 Å². The van der Waals surface area contributed by atoms with Crippen molar-refractivity contribution in [1.29, 1.82) is 0 Å². The van der Waals surface area contributed by atoms with Crippen LogP contribution in [0.4, 0.5) is 0 Å². The highest BCUT2D eigenvalue weighted by Crippen LogP contribution is 2.22. The Morgan fingerprint density at radius 1 is 1.59 bits per heavy atom. The van der Waals surface area contributed by atoms with Crippen LogP contribution in [0, 0.1) is 0 Å². The smallest absolute Gasteiger partial charge is 0.352 e. The molecule has 1 N–H and O–H groups in total. The minimum atomic E-state index is -0.952. The lowest BCUT2D eigenvalue weighted by Gasteiger charge is -2.06. The molecule has 0 aliphatic carbocycles. The van der Waals surface area contributed by atoms with Gasteiger partial charge in [-0.25, -0.2) is 4.79 Å². The molecule has 0 unspecified atom stereocenters. The highest BCUT2D eigenvalue weighted by Gasteiger charge is 2.13. The number of hydrogen-bond acceptors (Lipinski definition) is 2. The van der Waals surface area contributed by atoms with Crippen molar-refractivity contribution in [2.24, 2.45) is 0 Å². The molecule has 3 nitrogen and oxygen atoms in total. The summed E-state index contributed by atoms with van der Waals surface area (Å²) in [6, 6.07) is 3.55. The van der Waals surface area contributed by atoms with Gasteiger partial charge in [0.1, 0.15) is 5.69 Å². The van der Waals surface area contributed by atoms with Crippen LogP contribution < -0.4 is 0 Å². The number of aromatic nitrogens is 1. The van der Waals surface area contributed by atoms with Crippen molar-refractivity contribution < 1.29 is 9.90 Å². The fourth-order valence-corrected chi connectivity index (χ4v) is 2.96. The van der Waals surface area contributed by atoms with Gasteiger partial charge in [0, 0.05) is 11.1 Å². The first kappa shape index (κ1) is 12.2. The summed E-state index contributed by atoms with van der Waals surface area (Å²) in [7, 11) is 0. The summed E-state index contributed by atoms with van der Waals surface area (Å²) >= 11 is 7.48. The third-order valence-electron chi connectivity index (χ3n) is 2.61. The van der Waals surface area contributed by atoms with Crippen LogP contribution in [0.2, 0.25) is 5.02 Å². The molecule has 0 saturated carbocycles. The monoisotopic (exact) mass is 269 g/mol. The largest absolute Gasteiger partial charge is 0.477 e. The summed E-state index contributed by atoms with van der Waals surface area (Å²) in [5.41, 5.74) is 1.49. The van der Waals surface area contributed by atoms with Gasteiger partial charge < -0.3 is 9.67 Å². The summed E-state index contributed by atoms with van der Waals surface area (Å²) in [6.45, 7) is 2.65. The van der Waals surface area contributed by atoms with Crippen molar-refractivity contribution in [1.82, 2.24) is 4.57 Å². The molecule has 0 radical (unpaired) electrons. The Bertz CT molecular complexity index is 544. The number of thiophene rings is 1. The summed E-state index contributed by atoms with van der Waals surface area (Å²) < 4.78 is 1.68. The van der Waals surface area contributed by atoms with E-state index in [1.165, 1.54) is 16.5 Å². The minimum Gasteiger partial charge on any atom is -0.477 e. The Hall–Kier alpha value is -1.26. The Kier molecular flexibility index (Phi) is 3.54. The van der Waals surface area contributed by atoms with E-state index in [4.69, 9.17) is 16.7 Å². The third kappa shape index (κ3) is 2.53. The molecule has 0 atom stereocenters. The van der Waals surface area contributed by atoms with E-state index in [2.05, 4.69) is 13.0 Å². The first-order valence-electron chi connectivity index (χ1n) is 5.26. The Labute approximate surface area is 108 Å². The SMILES string of the molecule is CCc1ccsc1Cn1cc(Cl)cc1C(=O)O. The van der Waals surface area contributed by atoms with Crippen molar-refractivity contribution in [3.8, 4) is 0 Å². The van der Waals surface area contributed by atoms with E-state index < -0.39 is 5.97 Å². The third-order valence-corrected chi connectivity index (χ3v) is 3.77. The first-order valence-corrected chi connectivity index (χ1v) is 6.51. The van der Waals surface area contributed by atoms with Gasteiger partial charge in [0.25, 0.3) is 0 Å². The predicted octanol–water partition coefficient (Wildman–Crippen LogP) is 3.51. The van der Waals surface area contributed by atoms with Gasteiger partial charge >= 0.3 is 5.97 Å². The second-order valence-electron chi connectivity index (χ2n) is 3.70. The summed E-state index contributed by atoms with van der Waals surface area (Å²) in [5.74, 6) is -0.952. The molecule has 0 aliphatic rings. The molecule has 2 heterocycles. The molecule has 17 heavy (non-hydrogen) atoms. The van der Waals surface area contributed by atoms with Gasteiger partial charge in [0.2, 0.25) is 0 Å². The fraction of sp³-hybridized carbons (Fsp3) is 0.250. The Balaban J connectivity index is 2.33. The van der Waals surface area contributed by atoms with Crippen LogP contribution in [0.3, 0.4) is 0 Å². The number of hydrogen-bond donors (Lipinski definition) is 1. The molecule has 0 amide bonds. The molecule has 0 aliphatic heterocycles. The first-order chi connectivity index (χ1) is 8.11. The second-order valence-corrected chi connectivity index (χ2v) is 5.14. The summed E-state index contributed by atoms with van der Waals surface area (Å²) in [6.07, 6.45) is 2.61. The van der Waals surface area contributed by atoms with Crippen LogP contribution in [-0.4, -0.2) is 15.6 Å². The number of aryl methyl sites for hydroxylation is 1. The lowest BCUT2D eigenvalue weighted by Crippen LogP contribution is -2.08. The molecular weight excluding hydrogens is 258 g/mol. The number of rotatable bonds is 4. The van der Waals surface area contributed by atoms with E-state index in [1.54, 1.807) is 22.1 Å². The lowest BCUT2D eigenvalue weighted by molar-refractivity contribution is 0.0685. The van der Waals surface area contributed by atoms with Crippen LogP contribution in [0.15, 0.2) is 23.7 Å². The average molecular weight is 270 g/mol. The summed E-state index contributed by atoms with van der Waals surface area (Å²) in [5, 5.41) is 11.5. The Morgan fingerprint density at radius 3 is 3.00 bits per heavy atom. The molecule has 0 spiro atoms. The van der Waals surface area contributed by atoms with Gasteiger partial charge in [-0.3, -0.25) is 0 Å². The van der Waals surface area contributed by atoms with E-state index in [1.807, 2.05) is 5.38 Å². The van der Waals surface area contributed by atoms with Gasteiger partial charge in [0.15, 0.2) is 0 Å². The van der Waals surface area contributed by atoms with Gasteiger partial charge in [-0.2, -0.15) is 0 Å². The molecule has 2 rings (SSSR count). The molecule has 0 aromatic carbocycles. The zero-order valence-electron chi connectivity index (χ0n) is 9.31. The molecule has 90 valence electrons. The number of carboxylic acids is 1. The maximum absolute atomic E-state index is 11.0. The molecule has 0 fully saturated rings. The second kappa shape index (κ2) is 4.94. The zero-order valence-corrected chi connectivity index (χ0v) is 10.9. The van der Waals surface area contributed by atoms with Gasteiger partial charge in [-0.05, 0) is 29.5 Å². The number of carbonyl (C=O) groups is 1. The van der Waals surface area contributed by atoms with Crippen molar-refractivity contribution in [2.45, 2.75) is 19.9 Å². The van der Waals surface area contributed by atoms with Crippen LogP contribution in [0.5, 0.6) is 0 Å². The maximum Gasteiger partial charge on any atom is 0.352 e. The highest BCUT2D eigenvalue weighted by atomic mass is 35.5. The fourth-order valence-electron chi connectivity index (χ4n) is 1.76. The number of halogens is 1. The van der Waals surface area contributed by atoms with Gasteiger partial charge in [-0.15, -0.1) is 11.3 Å². The van der Waals surface area contributed by atoms with E-state index in [9.17, 15) is 4.79 Å². The van der Waals surface area contributed by atoms with E-state index in [-0.39, 0.29) is 5.69 Å². The molecule has 2 aromatic heterocycles. The summed E-state index contributed by atoms with van der Waals surface area (Å²) in [4.78, 5) is 12.2. The van der Waals surface area contributed by atoms with Crippen LogP contribution >= 0.6 is 22.9 Å². The lowest BCUT2D eigenvalue weighted by atomic mass is 10.2. The minimum absolute atomic E-state index is 0.227. The van der Waals surface area contributed by atoms with E-state index in [0.717, 1.165) is 6.42 Å². The molecule has 0 saturated heterocycles. The maximum atomic E-state index is 11.0. The topological polar surface area (TPSA) is 42.2 Å². The number of nitrogens with zero attached hydrogens (tertiary/aromatic N) is 1. The quantitative estimate of drug-likeness (QED) is 0.923. The van der Waals surface area contributed by atoms with Crippen LogP contribution in [0.1, 0.15) is 27.9 Å². The Morgan fingerprint density at radius 2 is 2.35 bits per heavy atom. The van der Waals surface area contributed by atoms with Crippen LogP contribution in [-0.2, 0) is 13.0 Å². The molecule has 2 aromatic rings. The van der Waals surface area contributed by atoms with E-state index in [0.29, 0.717) is 11.6 Å². The number of aromatic carboxylic acids is 1. The van der Waals surface area contributed by atoms with Crippen molar-refractivity contribution in [3.63, 3.8) is 0 Å². The zero-order chi connectivity index (χ0) is 12.4. The normalized spacial score (nSPS) is 10.7. The van der Waals surface area contributed by atoms with Crippen LogP contribution in [0.25, 0.3) is 0 Å².